The summed E-state index contributed by atoms with van der Waals surface area (Å²) in [6, 6.07) is -0.390. The third-order valence-electron chi connectivity index (χ3n) is 1.37. The van der Waals surface area contributed by atoms with Crippen LogP contribution in [0.2, 0.25) is 0 Å². The largest absolute Gasteiger partial charge is 0.480 e. The van der Waals surface area contributed by atoms with Gasteiger partial charge in [0.05, 0.1) is 0 Å². The van der Waals surface area contributed by atoms with Gasteiger partial charge in [0.1, 0.15) is 6.04 Å². The van der Waals surface area contributed by atoms with Gasteiger partial charge < -0.3 is 5.11 Å². The molecule has 0 aromatic carbocycles. The van der Waals surface area contributed by atoms with Gasteiger partial charge in [-0.05, 0) is 12.8 Å². The molecule has 1 aliphatic heterocycles. The Bertz CT molecular complexity index is 117. The average molecular weight is 203 g/mol. The molecule has 1 rings (SSSR count). The van der Waals surface area contributed by atoms with Gasteiger partial charge in [0, 0.05) is 6.54 Å². The number of carboxylic acids is 1. The predicted molar refractivity (Wildman–Crippen MR) is 46.3 cm³/mol. The molecule has 0 aromatic heterocycles. The number of aliphatic carboxylic acids is 1. The second-order valence-electron chi connectivity index (χ2n) is 2.10. The minimum atomic E-state index is -0.776. The summed E-state index contributed by atoms with van der Waals surface area (Å²) < 4.78 is 0. The molecule has 3 N–H and O–H groups in total. The Labute approximate surface area is 77.5 Å². The lowest BCUT2D eigenvalue weighted by atomic mass is 10.1. The van der Waals surface area contributed by atoms with Gasteiger partial charge in [0.15, 0.2) is 0 Å². The summed E-state index contributed by atoms with van der Waals surface area (Å²) in [6.07, 6.45) is 1.66. The number of hydrogen-bond donors (Lipinski definition) is 3. The highest BCUT2D eigenvalue weighted by Gasteiger charge is 2.18. The van der Waals surface area contributed by atoms with Gasteiger partial charge in [-0.3, -0.25) is 10.2 Å². The summed E-state index contributed by atoms with van der Waals surface area (Å²) >= 11 is 0. The maximum Gasteiger partial charge on any atom is 0.322 e. The topological polar surface area (TPSA) is 61.4 Å². The van der Waals surface area contributed by atoms with E-state index in [0.717, 1.165) is 19.4 Å². The smallest absolute Gasteiger partial charge is 0.322 e. The Hall–Kier alpha value is -0.0300. The monoisotopic (exact) mass is 202 g/mol. The van der Waals surface area contributed by atoms with E-state index in [1.54, 1.807) is 0 Å². The summed E-state index contributed by atoms with van der Waals surface area (Å²) in [5, 5.41) is 8.44. The Kier molecular flexibility index (Phi) is 8.21. The van der Waals surface area contributed by atoms with Crippen LogP contribution in [0.3, 0.4) is 0 Å². The van der Waals surface area contributed by atoms with E-state index in [4.69, 9.17) is 5.11 Å². The van der Waals surface area contributed by atoms with Crippen LogP contribution >= 0.6 is 24.8 Å². The molecular weight excluding hydrogens is 191 g/mol. The van der Waals surface area contributed by atoms with Crippen molar-refractivity contribution in [2.24, 2.45) is 0 Å². The van der Waals surface area contributed by atoms with E-state index in [-0.39, 0.29) is 24.8 Å². The van der Waals surface area contributed by atoms with Gasteiger partial charge in [-0.25, -0.2) is 5.43 Å². The first-order valence-corrected chi connectivity index (χ1v) is 3.02. The van der Waals surface area contributed by atoms with Crippen LogP contribution in [0.25, 0.3) is 0 Å². The Balaban J connectivity index is 0. The molecule has 1 fully saturated rings. The fraction of sp³-hybridized carbons (Fsp3) is 0.800. The molecule has 1 aliphatic rings. The van der Waals surface area contributed by atoms with Crippen LogP contribution in [0, 0.1) is 0 Å². The third kappa shape index (κ3) is 4.42. The molecule has 0 bridgehead atoms. The normalized spacial score (nSPS) is 22.7. The molecule has 11 heavy (non-hydrogen) atoms. The molecule has 0 saturated carbocycles. The molecule has 1 heterocycles. The highest BCUT2D eigenvalue weighted by Crippen LogP contribution is 1.98. The van der Waals surface area contributed by atoms with E-state index in [9.17, 15) is 4.79 Å². The van der Waals surface area contributed by atoms with E-state index in [1.807, 2.05) is 0 Å². The lowest BCUT2D eigenvalue weighted by molar-refractivity contribution is -0.140. The summed E-state index contributed by atoms with van der Waals surface area (Å²) in [5.74, 6) is -0.776. The summed E-state index contributed by atoms with van der Waals surface area (Å²) in [6.45, 7) is 0.865. The zero-order valence-corrected chi connectivity index (χ0v) is 7.50. The van der Waals surface area contributed by atoms with Crippen molar-refractivity contribution >= 4 is 30.8 Å². The average Bonchev–Trinajstić information content (AvgIpc) is 1.90. The van der Waals surface area contributed by atoms with Crippen LogP contribution in [-0.4, -0.2) is 23.7 Å². The Morgan fingerprint density at radius 3 is 2.36 bits per heavy atom. The van der Waals surface area contributed by atoms with Crippen LogP contribution in [0.4, 0.5) is 0 Å². The molecule has 1 atom stereocenters. The maximum atomic E-state index is 10.3. The number of carboxylic acid groups (broad SMARTS) is 1. The zero-order chi connectivity index (χ0) is 6.69. The molecule has 6 heteroatoms. The van der Waals surface area contributed by atoms with Crippen molar-refractivity contribution in [1.82, 2.24) is 10.9 Å². The quantitative estimate of drug-likeness (QED) is 0.568. The Morgan fingerprint density at radius 1 is 1.45 bits per heavy atom. The fourth-order valence-corrected chi connectivity index (χ4v) is 0.847. The lowest BCUT2D eigenvalue weighted by Gasteiger charge is -2.19. The Morgan fingerprint density at radius 2 is 2.09 bits per heavy atom. The number of hydrazine groups is 1. The highest BCUT2D eigenvalue weighted by atomic mass is 35.5. The van der Waals surface area contributed by atoms with Crippen molar-refractivity contribution in [3.05, 3.63) is 0 Å². The van der Waals surface area contributed by atoms with Crippen LogP contribution < -0.4 is 10.9 Å². The standard InChI is InChI=1S/C5H10N2O2.2ClH/c8-5(9)4-2-1-3-6-7-4;;/h4,6-7H,1-3H2,(H,8,9);2*1H/t4-;;/m1../s1. The first-order valence-electron chi connectivity index (χ1n) is 3.02. The molecule has 4 nitrogen and oxygen atoms in total. The third-order valence-corrected chi connectivity index (χ3v) is 1.37. The van der Waals surface area contributed by atoms with Crippen molar-refractivity contribution in [1.29, 1.82) is 0 Å². The second-order valence-corrected chi connectivity index (χ2v) is 2.10. The SMILES string of the molecule is Cl.Cl.O=C(O)[C@H]1CCCNN1. The number of rotatable bonds is 1. The van der Waals surface area contributed by atoms with Crippen molar-refractivity contribution in [3.63, 3.8) is 0 Å². The molecule has 0 spiro atoms. The minimum absolute atomic E-state index is 0. The van der Waals surface area contributed by atoms with E-state index < -0.39 is 12.0 Å². The molecule has 68 valence electrons. The molecule has 0 aliphatic carbocycles. The van der Waals surface area contributed by atoms with Crippen LogP contribution in [0.5, 0.6) is 0 Å². The maximum absolute atomic E-state index is 10.3. The van der Waals surface area contributed by atoms with Crippen molar-refractivity contribution < 1.29 is 9.90 Å². The molecule has 0 radical (unpaired) electrons. The molecule has 0 unspecified atom stereocenters. The number of nitrogens with one attached hydrogen (secondary N) is 2. The van der Waals surface area contributed by atoms with Gasteiger partial charge in [-0.15, -0.1) is 24.8 Å². The number of hydrogen-bond acceptors (Lipinski definition) is 3. The van der Waals surface area contributed by atoms with Gasteiger partial charge in [-0.1, -0.05) is 0 Å². The van der Waals surface area contributed by atoms with Crippen molar-refractivity contribution in [2.75, 3.05) is 6.54 Å². The van der Waals surface area contributed by atoms with Gasteiger partial charge in [-0.2, -0.15) is 0 Å². The van der Waals surface area contributed by atoms with E-state index in [2.05, 4.69) is 10.9 Å². The van der Waals surface area contributed by atoms with Crippen molar-refractivity contribution in [2.45, 2.75) is 18.9 Å². The van der Waals surface area contributed by atoms with Crippen LogP contribution in [0.15, 0.2) is 0 Å². The highest BCUT2D eigenvalue weighted by molar-refractivity contribution is 5.85. The first kappa shape index (κ1) is 13.6. The zero-order valence-electron chi connectivity index (χ0n) is 5.87. The van der Waals surface area contributed by atoms with Crippen LogP contribution in [0.1, 0.15) is 12.8 Å². The van der Waals surface area contributed by atoms with Gasteiger partial charge in [0.25, 0.3) is 0 Å². The number of halogens is 2. The molecule has 1 saturated heterocycles. The molecular formula is C5H12Cl2N2O2. The second kappa shape index (κ2) is 6.67. The summed E-state index contributed by atoms with van der Waals surface area (Å²) in [5.41, 5.74) is 5.45. The first-order chi connectivity index (χ1) is 4.30. The van der Waals surface area contributed by atoms with E-state index in [1.165, 1.54) is 0 Å². The van der Waals surface area contributed by atoms with Gasteiger partial charge in [0.2, 0.25) is 0 Å². The molecule has 0 amide bonds. The van der Waals surface area contributed by atoms with Crippen LogP contribution in [-0.2, 0) is 4.79 Å². The molecule has 0 aromatic rings. The van der Waals surface area contributed by atoms with E-state index >= 15 is 0 Å². The van der Waals surface area contributed by atoms with Gasteiger partial charge >= 0.3 is 5.97 Å². The number of carbonyl (C=O) groups is 1. The summed E-state index contributed by atoms with van der Waals surface area (Å²) in [4.78, 5) is 10.3. The summed E-state index contributed by atoms with van der Waals surface area (Å²) in [7, 11) is 0. The lowest BCUT2D eigenvalue weighted by Crippen LogP contribution is -2.49. The fourth-order valence-electron chi connectivity index (χ4n) is 0.847. The predicted octanol–water partition coefficient (Wildman–Crippen LogP) is 0.171. The van der Waals surface area contributed by atoms with Crippen molar-refractivity contribution in [3.8, 4) is 0 Å². The minimum Gasteiger partial charge on any atom is -0.480 e. The van der Waals surface area contributed by atoms with E-state index in [0.29, 0.717) is 0 Å².